The lowest BCUT2D eigenvalue weighted by molar-refractivity contribution is 0.375. The van der Waals surface area contributed by atoms with Gasteiger partial charge in [0, 0.05) is 12.1 Å². The molecule has 0 N–H and O–H groups in total. The molecule has 0 radical (unpaired) electrons. The van der Waals surface area contributed by atoms with Gasteiger partial charge in [0.05, 0.1) is 10.8 Å². The predicted molar refractivity (Wildman–Crippen MR) is 60.1 cm³/mol. The quantitative estimate of drug-likeness (QED) is 0.760. The van der Waals surface area contributed by atoms with Crippen LogP contribution in [0, 0.1) is 0 Å². The SMILES string of the molecule is c1ccc(SCc2noc(C3CC3)n2)nc1. The van der Waals surface area contributed by atoms with Gasteiger partial charge in [0.15, 0.2) is 5.82 Å². The molecule has 1 fully saturated rings. The summed E-state index contributed by atoms with van der Waals surface area (Å²) in [6.45, 7) is 0. The number of thioether (sulfide) groups is 1. The zero-order chi connectivity index (χ0) is 10.8. The second-order valence-electron chi connectivity index (χ2n) is 3.78. The first-order chi connectivity index (χ1) is 7.92. The fourth-order valence-corrected chi connectivity index (χ4v) is 2.10. The van der Waals surface area contributed by atoms with E-state index in [1.165, 1.54) is 12.8 Å². The normalized spacial score (nSPS) is 15.2. The van der Waals surface area contributed by atoms with Crippen molar-refractivity contribution in [2.45, 2.75) is 29.5 Å². The molecule has 4 nitrogen and oxygen atoms in total. The van der Waals surface area contributed by atoms with Gasteiger partial charge in [-0.25, -0.2) is 4.98 Å². The third-order valence-electron chi connectivity index (χ3n) is 2.40. The Morgan fingerprint density at radius 3 is 3.06 bits per heavy atom. The lowest BCUT2D eigenvalue weighted by Gasteiger charge is -1.94. The molecule has 5 heteroatoms. The zero-order valence-electron chi connectivity index (χ0n) is 8.67. The second-order valence-corrected chi connectivity index (χ2v) is 4.78. The van der Waals surface area contributed by atoms with Gasteiger partial charge in [-0.2, -0.15) is 4.98 Å². The smallest absolute Gasteiger partial charge is 0.229 e. The Balaban J connectivity index is 1.61. The molecule has 0 spiro atoms. The molecular formula is C11H11N3OS. The number of nitrogens with zero attached hydrogens (tertiary/aromatic N) is 3. The predicted octanol–water partition coefficient (Wildman–Crippen LogP) is 2.63. The Kier molecular flexibility index (Phi) is 2.61. The number of aromatic nitrogens is 3. The summed E-state index contributed by atoms with van der Waals surface area (Å²) in [5, 5.41) is 4.94. The van der Waals surface area contributed by atoms with E-state index in [4.69, 9.17) is 4.52 Å². The molecule has 0 saturated heterocycles. The number of hydrogen-bond acceptors (Lipinski definition) is 5. The fourth-order valence-electron chi connectivity index (χ4n) is 1.39. The molecule has 1 aliphatic carbocycles. The van der Waals surface area contributed by atoms with Crippen LogP contribution in [-0.2, 0) is 5.75 Å². The molecule has 0 aliphatic heterocycles. The van der Waals surface area contributed by atoms with Crippen molar-refractivity contribution in [2.24, 2.45) is 0 Å². The maximum absolute atomic E-state index is 5.18. The van der Waals surface area contributed by atoms with E-state index in [2.05, 4.69) is 15.1 Å². The van der Waals surface area contributed by atoms with Crippen molar-refractivity contribution in [1.29, 1.82) is 0 Å². The largest absolute Gasteiger partial charge is 0.339 e. The molecule has 16 heavy (non-hydrogen) atoms. The molecule has 3 rings (SSSR count). The third-order valence-corrected chi connectivity index (χ3v) is 3.34. The first kappa shape index (κ1) is 9.84. The van der Waals surface area contributed by atoms with Gasteiger partial charge in [0.25, 0.3) is 0 Å². The average molecular weight is 233 g/mol. The monoisotopic (exact) mass is 233 g/mol. The van der Waals surface area contributed by atoms with E-state index in [9.17, 15) is 0 Å². The number of pyridine rings is 1. The highest BCUT2D eigenvalue weighted by atomic mass is 32.2. The van der Waals surface area contributed by atoms with Crippen LogP contribution in [0.2, 0.25) is 0 Å². The summed E-state index contributed by atoms with van der Waals surface area (Å²) in [4.78, 5) is 8.59. The lowest BCUT2D eigenvalue weighted by Crippen LogP contribution is -1.86. The van der Waals surface area contributed by atoms with Crippen LogP contribution in [-0.4, -0.2) is 15.1 Å². The molecule has 1 aliphatic rings. The van der Waals surface area contributed by atoms with Crippen molar-refractivity contribution in [3.63, 3.8) is 0 Å². The van der Waals surface area contributed by atoms with E-state index >= 15 is 0 Å². The first-order valence-electron chi connectivity index (χ1n) is 5.28. The summed E-state index contributed by atoms with van der Waals surface area (Å²) in [5.74, 6) is 2.81. The molecule has 0 unspecified atom stereocenters. The average Bonchev–Trinajstić information content (AvgIpc) is 3.08. The van der Waals surface area contributed by atoms with Crippen molar-refractivity contribution in [3.05, 3.63) is 36.1 Å². The van der Waals surface area contributed by atoms with Crippen molar-refractivity contribution in [2.75, 3.05) is 0 Å². The van der Waals surface area contributed by atoms with Crippen molar-refractivity contribution < 1.29 is 4.52 Å². The minimum atomic E-state index is 0.529. The first-order valence-corrected chi connectivity index (χ1v) is 6.27. The highest BCUT2D eigenvalue weighted by molar-refractivity contribution is 7.98. The van der Waals surface area contributed by atoms with Crippen LogP contribution in [0.25, 0.3) is 0 Å². The van der Waals surface area contributed by atoms with Gasteiger partial charge in [0.2, 0.25) is 5.89 Å². The molecule has 2 aromatic rings. The van der Waals surface area contributed by atoms with Gasteiger partial charge >= 0.3 is 0 Å². The Morgan fingerprint density at radius 2 is 2.31 bits per heavy atom. The fraction of sp³-hybridized carbons (Fsp3) is 0.364. The molecule has 1 saturated carbocycles. The molecule has 0 atom stereocenters. The Hall–Kier alpha value is -1.36. The summed E-state index contributed by atoms with van der Waals surface area (Å²) >= 11 is 1.62. The van der Waals surface area contributed by atoms with Gasteiger partial charge in [-0.1, -0.05) is 23.0 Å². The van der Waals surface area contributed by atoms with E-state index in [-0.39, 0.29) is 0 Å². The molecular weight excluding hydrogens is 222 g/mol. The van der Waals surface area contributed by atoms with Gasteiger partial charge in [0.1, 0.15) is 0 Å². The summed E-state index contributed by atoms with van der Waals surface area (Å²) in [5.41, 5.74) is 0. The van der Waals surface area contributed by atoms with Crippen LogP contribution >= 0.6 is 11.8 Å². The van der Waals surface area contributed by atoms with E-state index in [0.717, 1.165) is 16.7 Å². The van der Waals surface area contributed by atoms with E-state index in [1.54, 1.807) is 18.0 Å². The van der Waals surface area contributed by atoms with Crippen LogP contribution in [0.5, 0.6) is 0 Å². The van der Waals surface area contributed by atoms with Crippen LogP contribution < -0.4 is 0 Å². The number of rotatable bonds is 4. The minimum Gasteiger partial charge on any atom is -0.339 e. The van der Waals surface area contributed by atoms with Crippen molar-refractivity contribution in [1.82, 2.24) is 15.1 Å². The zero-order valence-corrected chi connectivity index (χ0v) is 9.48. The van der Waals surface area contributed by atoms with Gasteiger partial charge < -0.3 is 4.52 Å². The Morgan fingerprint density at radius 1 is 1.38 bits per heavy atom. The summed E-state index contributed by atoms with van der Waals surface area (Å²) in [6, 6.07) is 5.86. The molecule has 0 amide bonds. The molecule has 82 valence electrons. The highest BCUT2D eigenvalue weighted by Gasteiger charge is 2.29. The maximum Gasteiger partial charge on any atom is 0.229 e. The summed E-state index contributed by atoms with van der Waals surface area (Å²) in [7, 11) is 0. The van der Waals surface area contributed by atoms with E-state index in [1.807, 2.05) is 18.2 Å². The standard InChI is InChI=1S/C11H11N3OS/c1-2-6-12-10(3-1)16-7-9-13-11(15-14-9)8-4-5-8/h1-3,6,8H,4-5,7H2. The summed E-state index contributed by atoms with van der Waals surface area (Å²) in [6.07, 6.45) is 4.16. The molecule has 2 heterocycles. The lowest BCUT2D eigenvalue weighted by atomic mass is 10.4. The van der Waals surface area contributed by atoms with Crippen LogP contribution in [0.15, 0.2) is 33.9 Å². The topological polar surface area (TPSA) is 51.8 Å². The highest BCUT2D eigenvalue weighted by Crippen LogP contribution is 2.39. The molecule has 0 aromatic carbocycles. The van der Waals surface area contributed by atoms with Crippen molar-refractivity contribution in [3.8, 4) is 0 Å². The van der Waals surface area contributed by atoms with Gasteiger partial charge in [-0.3, -0.25) is 0 Å². The van der Waals surface area contributed by atoms with E-state index < -0.39 is 0 Å². The van der Waals surface area contributed by atoms with Crippen molar-refractivity contribution >= 4 is 11.8 Å². The van der Waals surface area contributed by atoms with Gasteiger partial charge in [-0.05, 0) is 25.0 Å². The third kappa shape index (κ3) is 2.24. The van der Waals surface area contributed by atoms with Gasteiger partial charge in [-0.15, -0.1) is 0 Å². The van der Waals surface area contributed by atoms with Crippen LogP contribution in [0.3, 0.4) is 0 Å². The maximum atomic E-state index is 5.18. The van der Waals surface area contributed by atoms with E-state index in [0.29, 0.717) is 11.7 Å². The number of hydrogen-bond donors (Lipinski definition) is 0. The molecule has 2 aromatic heterocycles. The van der Waals surface area contributed by atoms with Crippen LogP contribution in [0.1, 0.15) is 30.5 Å². The summed E-state index contributed by atoms with van der Waals surface area (Å²) < 4.78 is 5.18. The second kappa shape index (κ2) is 4.25. The Labute approximate surface area is 97.5 Å². The minimum absolute atomic E-state index is 0.529. The molecule has 0 bridgehead atoms. The van der Waals surface area contributed by atoms with Crippen LogP contribution in [0.4, 0.5) is 0 Å². The Bertz CT molecular complexity index is 467.